The van der Waals surface area contributed by atoms with Gasteiger partial charge in [-0.3, -0.25) is 9.69 Å². The Kier molecular flexibility index (Phi) is 4.83. The maximum Gasteiger partial charge on any atom is 0.238 e. The number of piperidine rings is 1. The predicted molar refractivity (Wildman–Crippen MR) is 83.4 cm³/mol. The molecule has 5 heteroatoms. The van der Waals surface area contributed by atoms with Gasteiger partial charge >= 0.3 is 0 Å². The first-order valence-corrected chi connectivity index (χ1v) is 7.45. The molecule has 1 aliphatic rings. The van der Waals surface area contributed by atoms with Gasteiger partial charge in [-0.1, -0.05) is 13.8 Å². The number of likely N-dealkylation sites (tertiary alicyclic amines) is 1. The van der Waals surface area contributed by atoms with Gasteiger partial charge in [0.25, 0.3) is 0 Å². The first kappa shape index (κ1) is 15.8. The molecule has 0 aromatic heterocycles. The first-order chi connectivity index (χ1) is 9.86. The Labute approximate surface area is 125 Å². The van der Waals surface area contributed by atoms with Crippen LogP contribution in [0.5, 0.6) is 0 Å². The van der Waals surface area contributed by atoms with Crippen molar-refractivity contribution in [3.8, 4) is 0 Å². The minimum atomic E-state index is -0.472. The third-order valence-corrected chi connectivity index (χ3v) is 4.35. The minimum absolute atomic E-state index is 0.0429. The van der Waals surface area contributed by atoms with Crippen molar-refractivity contribution in [3.05, 3.63) is 24.0 Å². The quantitative estimate of drug-likeness (QED) is 0.842. The molecule has 1 amide bonds. The van der Waals surface area contributed by atoms with Gasteiger partial charge in [-0.15, -0.1) is 0 Å². The third-order valence-electron chi connectivity index (χ3n) is 4.35. The highest BCUT2D eigenvalue weighted by Crippen LogP contribution is 2.26. The number of nitrogen functional groups attached to an aromatic ring is 1. The van der Waals surface area contributed by atoms with Crippen LogP contribution in [0.1, 0.15) is 27.2 Å². The molecule has 0 saturated carbocycles. The minimum Gasteiger partial charge on any atom is -0.396 e. The van der Waals surface area contributed by atoms with Crippen molar-refractivity contribution < 1.29 is 9.18 Å². The zero-order valence-electron chi connectivity index (χ0n) is 12.9. The highest BCUT2D eigenvalue weighted by atomic mass is 19.1. The zero-order chi connectivity index (χ0) is 15.6. The number of anilines is 2. The lowest BCUT2D eigenvalue weighted by Crippen LogP contribution is -2.48. The van der Waals surface area contributed by atoms with Crippen LogP contribution in [0.2, 0.25) is 0 Å². The number of halogens is 1. The fraction of sp³-hybridized carbons (Fsp3) is 0.562. The number of nitrogens with one attached hydrogen (secondary N) is 1. The number of carbonyl (C=O) groups excluding carboxylic acids is 1. The van der Waals surface area contributed by atoms with Crippen LogP contribution >= 0.6 is 0 Å². The second-order valence-corrected chi connectivity index (χ2v) is 6.27. The Morgan fingerprint density at radius 3 is 2.81 bits per heavy atom. The lowest BCUT2D eigenvalue weighted by Gasteiger charge is -2.40. The molecule has 1 aromatic carbocycles. The molecule has 0 spiro atoms. The Hall–Kier alpha value is -1.62. The number of carbonyl (C=O) groups is 1. The normalized spacial score (nSPS) is 26.6. The smallest absolute Gasteiger partial charge is 0.238 e. The van der Waals surface area contributed by atoms with Crippen molar-refractivity contribution >= 4 is 17.3 Å². The van der Waals surface area contributed by atoms with Crippen molar-refractivity contribution in [1.29, 1.82) is 0 Å². The third kappa shape index (κ3) is 3.94. The van der Waals surface area contributed by atoms with Crippen molar-refractivity contribution in [2.75, 3.05) is 24.1 Å². The molecule has 3 atom stereocenters. The molecule has 21 heavy (non-hydrogen) atoms. The molecule has 4 nitrogen and oxygen atoms in total. The fourth-order valence-electron chi connectivity index (χ4n) is 3.05. The van der Waals surface area contributed by atoms with Crippen molar-refractivity contribution in [3.63, 3.8) is 0 Å². The number of nitrogens with two attached hydrogens (primary N) is 1. The molecule has 0 aliphatic carbocycles. The van der Waals surface area contributed by atoms with E-state index < -0.39 is 5.82 Å². The molecule has 3 N–H and O–H groups in total. The van der Waals surface area contributed by atoms with Crippen LogP contribution in [0.4, 0.5) is 15.8 Å². The van der Waals surface area contributed by atoms with Crippen LogP contribution in [-0.2, 0) is 4.79 Å². The lowest BCUT2D eigenvalue weighted by molar-refractivity contribution is -0.118. The van der Waals surface area contributed by atoms with Gasteiger partial charge in [0.2, 0.25) is 5.91 Å². The molecular formula is C16H24FN3O. The van der Waals surface area contributed by atoms with E-state index in [4.69, 9.17) is 5.73 Å². The van der Waals surface area contributed by atoms with Gasteiger partial charge in [0.05, 0.1) is 12.2 Å². The second kappa shape index (κ2) is 6.43. The Morgan fingerprint density at radius 1 is 1.43 bits per heavy atom. The van der Waals surface area contributed by atoms with Crippen molar-refractivity contribution in [2.45, 2.75) is 33.2 Å². The highest BCUT2D eigenvalue weighted by Gasteiger charge is 2.29. The standard InChI is InChI=1S/C16H24FN3O/c1-10-6-11(2)12(3)20(8-10)9-16(21)19-13-4-5-14(17)15(18)7-13/h4-5,7,10-12H,6,8-9,18H2,1-3H3,(H,19,21). The van der Waals surface area contributed by atoms with Crippen molar-refractivity contribution in [2.24, 2.45) is 11.8 Å². The topological polar surface area (TPSA) is 58.4 Å². The van der Waals surface area contributed by atoms with Gasteiger partial charge in [0, 0.05) is 18.3 Å². The van der Waals surface area contributed by atoms with E-state index >= 15 is 0 Å². The summed E-state index contributed by atoms with van der Waals surface area (Å²) in [6, 6.07) is 4.62. The average Bonchev–Trinajstić information content (AvgIpc) is 2.39. The number of benzene rings is 1. The van der Waals surface area contributed by atoms with Crippen LogP contribution in [0.15, 0.2) is 18.2 Å². The van der Waals surface area contributed by atoms with Crippen LogP contribution in [-0.4, -0.2) is 29.9 Å². The molecule has 2 rings (SSSR count). The zero-order valence-corrected chi connectivity index (χ0v) is 12.9. The summed E-state index contributed by atoms with van der Waals surface area (Å²) in [6.45, 7) is 7.90. The summed E-state index contributed by atoms with van der Waals surface area (Å²) in [7, 11) is 0. The average molecular weight is 293 g/mol. The summed E-state index contributed by atoms with van der Waals surface area (Å²) in [5, 5.41) is 2.78. The van der Waals surface area contributed by atoms with Gasteiger partial charge in [-0.25, -0.2) is 4.39 Å². The lowest BCUT2D eigenvalue weighted by atomic mass is 9.86. The number of rotatable bonds is 3. The monoisotopic (exact) mass is 293 g/mol. The Morgan fingerprint density at radius 2 is 2.14 bits per heavy atom. The van der Waals surface area contributed by atoms with E-state index in [1.165, 1.54) is 24.6 Å². The van der Waals surface area contributed by atoms with E-state index in [-0.39, 0.29) is 11.6 Å². The van der Waals surface area contributed by atoms with Crippen LogP contribution < -0.4 is 11.1 Å². The predicted octanol–water partition coefficient (Wildman–Crippen LogP) is 2.71. The molecular weight excluding hydrogens is 269 g/mol. The summed E-state index contributed by atoms with van der Waals surface area (Å²) in [5.74, 6) is 0.628. The van der Waals surface area contributed by atoms with E-state index in [9.17, 15) is 9.18 Å². The second-order valence-electron chi connectivity index (χ2n) is 6.27. The van der Waals surface area contributed by atoms with E-state index in [1.807, 2.05) is 0 Å². The largest absolute Gasteiger partial charge is 0.396 e. The maximum atomic E-state index is 13.1. The van der Waals surface area contributed by atoms with Gasteiger partial charge in [-0.2, -0.15) is 0 Å². The molecule has 0 radical (unpaired) electrons. The van der Waals surface area contributed by atoms with E-state index in [0.29, 0.717) is 30.1 Å². The van der Waals surface area contributed by atoms with Gasteiger partial charge in [-0.05, 0) is 43.4 Å². The number of hydrogen-bond acceptors (Lipinski definition) is 3. The van der Waals surface area contributed by atoms with Gasteiger partial charge in [0.15, 0.2) is 0 Å². The molecule has 0 bridgehead atoms. The molecule has 1 heterocycles. The molecule has 1 aliphatic heterocycles. The van der Waals surface area contributed by atoms with E-state index in [1.54, 1.807) is 0 Å². The number of nitrogens with zero attached hydrogens (tertiary/aromatic N) is 1. The summed E-state index contributed by atoms with van der Waals surface area (Å²) in [4.78, 5) is 14.4. The summed E-state index contributed by atoms with van der Waals surface area (Å²) in [5.41, 5.74) is 6.08. The molecule has 3 unspecified atom stereocenters. The molecule has 1 fully saturated rings. The Balaban J connectivity index is 1.96. The molecule has 1 saturated heterocycles. The summed E-state index contributed by atoms with van der Waals surface area (Å²) < 4.78 is 13.1. The first-order valence-electron chi connectivity index (χ1n) is 7.45. The van der Waals surface area contributed by atoms with Gasteiger partial charge < -0.3 is 11.1 Å². The van der Waals surface area contributed by atoms with Crippen LogP contribution in [0.25, 0.3) is 0 Å². The summed E-state index contributed by atoms with van der Waals surface area (Å²) >= 11 is 0. The highest BCUT2D eigenvalue weighted by molar-refractivity contribution is 5.92. The van der Waals surface area contributed by atoms with Crippen LogP contribution in [0.3, 0.4) is 0 Å². The SMILES string of the molecule is CC1CC(C)C(C)N(CC(=O)Nc2ccc(F)c(N)c2)C1. The maximum absolute atomic E-state index is 13.1. The van der Waals surface area contributed by atoms with E-state index in [0.717, 1.165) is 6.54 Å². The number of hydrogen-bond donors (Lipinski definition) is 2. The Bertz CT molecular complexity index is 520. The fourth-order valence-corrected chi connectivity index (χ4v) is 3.05. The molecule has 116 valence electrons. The van der Waals surface area contributed by atoms with Gasteiger partial charge in [0.1, 0.15) is 5.82 Å². The summed E-state index contributed by atoms with van der Waals surface area (Å²) in [6.07, 6.45) is 1.20. The molecule has 1 aromatic rings. The number of amides is 1. The van der Waals surface area contributed by atoms with Crippen LogP contribution in [0, 0.1) is 17.7 Å². The van der Waals surface area contributed by atoms with Crippen molar-refractivity contribution in [1.82, 2.24) is 4.90 Å². The van der Waals surface area contributed by atoms with E-state index in [2.05, 4.69) is 31.0 Å².